The molecule has 1 amide bonds. The number of hydrogen-bond acceptors (Lipinski definition) is 4. The molecular formula is C19H20N4O2. The molecule has 0 N–H and O–H groups in total. The Balaban J connectivity index is 1.57. The van der Waals surface area contributed by atoms with Gasteiger partial charge in [0.25, 0.3) is 5.91 Å². The number of amides is 1. The van der Waals surface area contributed by atoms with Crippen LogP contribution in [0.3, 0.4) is 0 Å². The molecule has 0 spiro atoms. The Morgan fingerprint density at radius 2 is 2.00 bits per heavy atom. The molecule has 0 radical (unpaired) electrons. The standard InChI is InChI=1S/C19H20N4O2/c1-13-12-14(2)23(20-13)16-7-5-15(6-8-16)19(24)22-10-3-4-18(22)17-9-11-25-21-17/h5-9,11-12,18H,3-4,10H2,1-2H3/t18-/m1/s1. The highest BCUT2D eigenvalue weighted by atomic mass is 16.5. The second-order valence-corrected chi connectivity index (χ2v) is 6.47. The molecule has 1 fully saturated rings. The molecule has 0 aliphatic carbocycles. The lowest BCUT2D eigenvalue weighted by Gasteiger charge is -2.23. The molecule has 4 rings (SSSR count). The predicted molar refractivity (Wildman–Crippen MR) is 92.6 cm³/mol. The summed E-state index contributed by atoms with van der Waals surface area (Å²) in [4.78, 5) is 14.8. The van der Waals surface area contributed by atoms with Gasteiger partial charge in [0.15, 0.2) is 0 Å². The summed E-state index contributed by atoms with van der Waals surface area (Å²) in [6, 6.07) is 11.5. The van der Waals surface area contributed by atoms with Crippen LogP contribution in [0.5, 0.6) is 0 Å². The molecule has 3 heterocycles. The average molecular weight is 336 g/mol. The number of aromatic nitrogens is 3. The maximum absolute atomic E-state index is 12.9. The maximum atomic E-state index is 12.9. The summed E-state index contributed by atoms with van der Waals surface area (Å²) in [5.74, 6) is 0.0328. The third kappa shape index (κ3) is 2.84. The third-order valence-corrected chi connectivity index (χ3v) is 4.68. The van der Waals surface area contributed by atoms with E-state index >= 15 is 0 Å². The van der Waals surface area contributed by atoms with E-state index in [0.717, 1.165) is 42.2 Å². The Morgan fingerprint density at radius 1 is 1.20 bits per heavy atom. The first kappa shape index (κ1) is 15.6. The van der Waals surface area contributed by atoms with Crippen LogP contribution < -0.4 is 0 Å². The van der Waals surface area contributed by atoms with Gasteiger partial charge in [-0.2, -0.15) is 5.10 Å². The molecule has 6 nitrogen and oxygen atoms in total. The van der Waals surface area contributed by atoms with E-state index in [1.807, 2.05) is 59.8 Å². The quantitative estimate of drug-likeness (QED) is 0.735. The van der Waals surface area contributed by atoms with Crippen molar-refractivity contribution in [3.8, 4) is 5.69 Å². The molecule has 25 heavy (non-hydrogen) atoms. The minimum atomic E-state index is 0.00179. The van der Waals surface area contributed by atoms with Gasteiger partial charge in [0, 0.05) is 23.9 Å². The lowest BCUT2D eigenvalue weighted by molar-refractivity contribution is 0.0731. The second-order valence-electron chi connectivity index (χ2n) is 6.47. The van der Waals surface area contributed by atoms with Crippen LogP contribution in [0.4, 0.5) is 0 Å². The number of aryl methyl sites for hydroxylation is 2. The fourth-order valence-electron chi connectivity index (χ4n) is 3.51. The van der Waals surface area contributed by atoms with E-state index in [1.54, 1.807) is 6.26 Å². The Bertz CT molecular complexity index is 881. The van der Waals surface area contributed by atoms with Gasteiger partial charge in [-0.1, -0.05) is 5.16 Å². The van der Waals surface area contributed by atoms with Crippen molar-refractivity contribution < 1.29 is 9.32 Å². The van der Waals surface area contributed by atoms with Crippen molar-refractivity contribution in [1.82, 2.24) is 19.8 Å². The van der Waals surface area contributed by atoms with E-state index in [4.69, 9.17) is 4.52 Å². The lowest BCUT2D eigenvalue weighted by Crippen LogP contribution is -2.30. The first-order chi connectivity index (χ1) is 12.1. The van der Waals surface area contributed by atoms with Crippen LogP contribution in [0.1, 0.15) is 46.3 Å². The molecular weight excluding hydrogens is 316 g/mol. The van der Waals surface area contributed by atoms with Crippen LogP contribution in [0.2, 0.25) is 0 Å². The van der Waals surface area contributed by atoms with Crippen LogP contribution >= 0.6 is 0 Å². The molecule has 0 unspecified atom stereocenters. The number of carbonyl (C=O) groups is 1. The Kier molecular flexibility index (Phi) is 3.87. The van der Waals surface area contributed by atoms with Crippen molar-refractivity contribution in [1.29, 1.82) is 0 Å². The summed E-state index contributed by atoms with van der Waals surface area (Å²) in [5, 5.41) is 8.49. The smallest absolute Gasteiger partial charge is 0.254 e. The van der Waals surface area contributed by atoms with E-state index in [-0.39, 0.29) is 11.9 Å². The number of nitrogens with zero attached hydrogens (tertiary/aromatic N) is 4. The summed E-state index contributed by atoms with van der Waals surface area (Å²) in [5.41, 5.74) is 4.51. The Labute approximate surface area is 146 Å². The summed E-state index contributed by atoms with van der Waals surface area (Å²) >= 11 is 0. The fourth-order valence-corrected chi connectivity index (χ4v) is 3.51. The molecule has 0 bridgehead atoms. The van der Waals surface area contributed by atoms with Crippen molar-refractivity contribution in [3.05, 3.63) is 65.3 Å². The number of likely N-dealkylation sites (tertiary alicyclic amines) is 1. The van der Waals surface area contributed by atoms with Crippen LogP contribution in [-0.2, 0) is 0 Å². The largest absolute Gasteiger partial charge is 0.364 e. The van der Waals surface area contributed by atoms with Gasteiger partial charge >= 0.3 is 0 Å². The first-order valence-electron chi connectivity index (χ1n) is 8.48. The number of benzene rings is 1. The lowest BCUT2D eigenvalue weighted by atomic mass is 10.1. The number of hydrogen-bond donors (Lipinski definition) is 0. The van der Waals surface area contributed by atoms with Crippen LogP contribution in [-0.4, -0.2) is 32.3 Å². The molecule has 0 saturated carbocycles. The van der Waals surface area contributed by atoms with E-state index in [9.17, 15) is 4.79 Å². The van der Waals surface area contributed by atoms with E-state index in [0.29, 0.717) is 5.56 Å². The van der Waals surface area contributed by atoms with Gasteiger partial charge in [0.1, 0.15) is 12.0 Å². The Hall–Kier alpha value is -2.89. The van der Waals surface area contributed by atoms with Crippen molar-refractivity contribution in [2.45, 2.75) is 32.7 Å². The minimum absolute atomic E-state index is 0.00179. The molecule has 3 aromatic rings. The number of carbonyl (C=O) groups excluding carboxylic acids is 1. The molecule has 1 aliphatic heterocycles. The van der Waals surface area contributed by atoms with Crippen LogP contribution in [0.25, 0.3) is 5.69 Å². The highest BCUT2D eigenvalue weighted by Gasteiger charge is 2.32. The second kappa shape index (κ2) is 6.20. The summed E-state index contributed by atoms with van der Waals surface area (Å²) in [6.07, 6.45) is 3.45. The van der Waals surface area contributed by atoms with Gasteiger partial charge in [-0.15, -0.1) is 0 Å². The van der Waals surface area contributed by atoms with Crippen molar-refractivity contribution in [3.63, 3.8) is 0 Å². The third-order valence-electron chi connectivity index (χ3n) is 4.68. The molecule has 128 valence electrons. The molecule has 2 aromatic heterocycles. The monoisotopic (exact) mass is 336 g/mol. The summed E-state index contributed by atoms with van der Waals surface area (Å²) in [6.45, 7) is 4.74. The van der Waals surface area contributed by atoms with Gasteiger partial charge < -0.3 is 9.42 Å². The zero-order valence-electron chi connectivity index (χ0n) is 14.3. The predicted octanol–water partition coefficient (Wildman–Crippen LogP) is 3.45. The van der Waals surface area contributed by atoms with Crippen LogP contribution in [0, 0.1) is 13.8 Å². The highest BCUT2D eigenvalue weighted by Crippen LogP contribution is 2.32. The van der Waals surface area contributed by atoms with Gasteiger partial charge in [0.2, 0.25) is 0 Å². The van der Waals surface area contributed by atoms with Gasteiger partial charge in [-0.3, -0.25) is 4.79 Å². The normalized spacial score (nSPS) is 17.2. The van der Waals surface area contributed by atoms with Crippen LogP contribution in [0.15, 0.2) is 47.2 Å². The first-order valence-corrected chi connectivity index (χ1v) is 8.48. The van der Waals surface area contributed by atoms with Gasteiger partial charge in [-0.25, -0.2) is 4.68 Å². The Morgan fingerprint density at radius 3 is 2.64 bits per heavy atom. The summed E-state index contributed by atoms with van der Waals surface area (Å²) in [7, 11) is 0. The highest BCUT2D eigenvalue weighted by molar-refractivity contribution is 5.94. The topological polar surface area (TPSA) is 64.2 Å². The molecule has 1 saturated heterocycles. The summed E-state index contributed by atoms with van der Waals surface area (Å²) < 4.78 is 6.83. The average Bonchev–Trinajstić information content (AvgIpc) is 3.34. The zero-order chi connectivity index (χ0) is 17.4. The van der Waals surface area contributed by atoms with E-state index in [1.165, 1.54) is 0 Å². The zero-order valence-corrected chi connectivity index (χ0v) is 14.3. The molecule has 1 aliphatic rings. The molecule has 6 heteroatoms. The molecule has 1 atom stereocenters. The van der Waals surface area contributed by atoms with E-state index < -0.39 is 0 Å². The minimum Gasteiger partial charge on any atom is -0.364 e. The van der Waals surface area contributed by atoms with Gasteiger partial charge in [0.05, 0.1) is 17.4 Å². The maximum Gasteiger partial charge on any atom is 0.254 e. The van der Waals surface area contributed by atoms with Crippen molar-refractivity contribution in [2.24, 2.45) is 0 Å². The fraction of sp³-hybridized carbons (Fsp3) is 0.316. The van der Waals surface area contributed by atoms with Crippen molar-refractivity contribution in [2.75, 3.05) is 6.54 Å². The SMILES string of the molecule is Cc1cc(C)n(-c2ccc(C(=O)N3CCC[C@@H]3c3ccon3)cc2)n1. The van der Waals surface area contributed by atoms with E-state index in [2.05, 4.69) is 10.3 Å². The number of rotatable bonds is 3. The van der Waals surface area contributed by atoms with Gasteiger partial charge in [-0.05, 0) is 57.0 Å². The molecule has 1 aromatic carbocycles. The van der Waals surface area contributed by atoms with Crippen molar-refractivity contribution >= 4 is 5.91 Å².